The standard InChI is InChI=1S/C31H43N5O5/c1-20-8-6-7-9-25(20)33-29(39)34-26-13-12-23(17-27(26)41-5)19-35-30(40)36(28(38)31(35,3)4)24(16-22-10-11-22)18-32-21(2)14-15-37/h6-9,12-13,17,21-22,24,32,37H,10-11,14-16,18-19H2,1-5H3,(H2,33,34,39)/t21-,24+/m1/s1. The largest absolute Gasteiger partial charge is 0.495 e. The number of hydrogen-bond acceptors (Lipinski definition) is 6. The minimum absolute atomic E-state index is 0.0806. The molecule has 2 fully saturated rings. The molecule has 1 saturated heterocycles. The molecule has 0 aromatic heterocycles. The average Bonchev–Trinajstić information content (AvgIpc) is 3.73. The Kier molecular flexibility index (Phi) is 9.55. The van der Waals surface area contributed by atoms with Crippen molar-refractivity contribution in [1.82, 2.24) is 15.1 Å². The van der Waals surface area contributed by atoms with E-state index in [1.54, 1.807) is 30.9 Å². The van der Waals surface area contributed by atoms with Gasteiger partial charge in [-0.3, -0.25) is 9.69 Å². The molecule has 5 amide bonds. The van der Waals surface area contributed by atoms with Crippen LogP contribution in [0, 0.1) is 12.8 Å². The Labute approximate surface area is 242 Å². The first-order valence-corrected chi connectivity index (χ1v) is 14.3. The van der Waals surface area contributed by atoms with Gasteiger partial charge >= 0.3 is 12.1 Å². The highest BCUT2D eigenvalue weighted by molar-refractivity contribution is 6.07. The van der Waals surface area contributed by atoms with Gasteiger partial charge < -0.3 is 30.7 Å². The number of aliphatic hydroxyl groups excluding tert-OH is 1. The molecule has 0 spiro atoms. The van der Waals surface area contributed by atoms with E-state index in [0.717, 1.165) is 30.4 Å². The van der Waals surface area contributed by atoms with Gasteiger partial charge in [-0.15, -0.1) is 0 Å². The van der Waals surface area contributed by atoms with Gasteiger partial charge in [-0.05, 0) is 75.8 Å². The van der Waals surface area contributed by atoms with Gasteiger partial charge in [0.15, 0.2) is 0 Å². The number of methoxy groups -OCH3 is 1. The summed E-state index contributed by atoms with van der Waals surface area (Å²) in [6.45, 7) is 8.27. The molecule has 10 heteroatoms. The number of ether oxygens (including phenoxy) is 1. The fourth-order valence-corrected chi connectivity index (χ4v) is 5.21. The second kappa shape index (κ2) is 12.9. The molecule has 2 aromatic carbocycles. The van der Waals surface area contributed by atoms with E-state index >= 15 is 0 Å². The van der Waals surface area contributed by atoms with Crippen molar-refractivity contribution in [2.75, 3.05) is 30.9 Å². The highest BCUT2D eigenvalue weighted by Crippen LogP contribution is 2.38. The molecule has 1 aliphatic carbocycles. The van der Waals surface area contributed by atoms with Gasteiger partial charge in [0.05, 0.1) is 18.8 Å². The van der Waals surface area contributed by atoms with Crippen LogP contribution >= 0.6 is 0 Å². The quantitative estimate of drug-likeness (QED) is 0.261. The van der Waals surface area contributed by atoms with E-state index in [0.29, 0.717) is 36.0 Å². The van der Waals surface area contributed by atoms with Crippen molar-refractivity contribution in [3.05, 3.63) is 53.6 Å². The second-order valence-corrected chi connectivity index (χ2v) is 11.7. The summed E-state index contributed by atoms with van der Waals surface area (Å²) in [6.07, 6.45) is 3.62. The number of rotatable bonds is 13. The number of imide groups is 1. The number of amides is 5. The maximum atomic E-state index is 13.8. The van der Waals surface area contributed by atoms with Crippen LogP contribution in [0.5, 0.6) is 5.75 Å². The number of aliphatic hydroxyl groups is 1. The minimum Gasteiger partial charge on any atom is -0.495 e. The number of carbonyl (C=O) groups is 3. The second-order valence-electron chi connectivity index (χ2n) is 11.7. The van der Waals surface area contributed by atoms with E-state index in [4.69, 9.17) is 4.74 Å². The van der Waals surface area contributed by atoms with Crippen LogP contribution in [-0.2, 0) is 11.3 Å². The molecule has 0 bridgehead atoms. The number of aryl methyl sites for hydroxylation is 1. The molecule has 2 atom stereocenters. The topological polar surface area (TPSA) is 123 Å². The van der Waals surface area contributed by atoms with Gasteiger partial charge in [-0.25, -0.2) is 9.59 Å². The van der Waals surface area contributed by atoms with Crippen molar-refractivity contribution >= 4 is 29.3 Å². The first-order valence-electron chi connectivity index (χ1n) is 14.3. The smallest absolute Gasteiger partial charge is 0.328 e. The summed E-state index contributed by atoms with van der Waals surface area (Å²) in [5.74, 6) is 0.770. The lowest BCUT2D eigenvalue weighted by atomic mass is 10.0. The summed E-state index contributed by atoms with van der Waals surface area (Å²) < 4.78 is 5.56. The maximum absolute atomic E-state index is 13.8. The van der Waals surface area contributed by atoms with Crippen LogP contribution < -0.4 is 20.7 Å². The number of anilines is 2. The third-order valence-corrected chi connectivity index (χ3v) is 8.03. The van der Waals surface area contributed by atoms with Crippen molar-refractivity contribution in [3.63, 3.8) is 0 Å². The van der Waals surface area contributed by atoms with Crippen LogP contribution in [-0.4, -0.2) is 70.8 Å². The van der Waals surface area contributed by atoms with Crippen LogP contribution in [0.15, 0.2) is 42.5 Å². The van der Waals surface area contributed by atoms with E-state index < -0.39 is 11.6 Å². The summed E-state index contributed by atoms with van der Waals surface area (Å²) in [6, 6.07) is 12.0. The van der Waals surface area contributed by atoms with Crippen LogP contribution in [0.25, 0.3) is 0 Å². The molecule has 4 N–H and O–H groups in total. The van der Waals surface area contributed by atoms with Crippen LogP contribution in [0.1, 0.15) is 57.6 Å². The molecular weight excluding hydrogens is 522 g/mol. The number of nitrogens with zero attached hydrogens (tertiary/aromatic N) is 2. The lowest BCUT2D eigenvalue weighted by Crippen LogP contribution is -2.49. The number of nitrogens with one attached hydrogen (secondary N) is 3. The summed E-state index contributed by atoms with van der Waals surface area (Å²) in [5, 5.41) is 18.3. The number of urea groups is 2. The molecule has 10 nitrogen and oxygen atoms in total. The Hall–Kier alpha value is -3.63. The fourth-order valence-electron chi connectivity index (χ4n) is 5.21. The zero-order valence-electron chi connectivity index (χ0n) is 24.7. The lowest BCUT2D eigenvalue weighted by Gasteiger charge is -2.28. The van der Waals surface area contributed by atoms with Crippen LogP contribution in [0.4, 0.5) is 21.0 Å². The summed E-state index contributed by atoms with van der Waals surface area (Å²) in [7, 11) is 1.52. The molecule has 0 unspecified atom stereocenters. The van der Waals surface area contributed by atoms with Gasteiger partial charge in [0.1, 0.15) is 11.3 Å². The zero-order chi connectivity index (χ0) is 29.7. The third-order valence-electron chi connectivity index (χ3n) is 8.03. The van der Waals surface area contributed by atoms with E-state index in [9.17, 15) is 19.5 Å². The van der Waals surface area contributed by atoms with E-state index in [-0.39, 0.29) is 37.2 Å². The predicted molar refractivity (Wildman–Crippen MR) is 159 cm³/mol. The molecule has 2 aromatic rings. The molecule has 222 valence electrons. The first-order chi connectivity index (χ1) is 19.5. The third kappa shape index (κ3) is 7.18. The molecule has 4 rings (SSSR count). The molecule has 1 aliphatic heterocycles. The van der Waals surface area contributed by atoms with Crippen LogP contribution in [0.3, 0.4) is 0 Å². The Morgan fingerprint density at radius 2 is 1.83 bits per heavy atom. The normalized spacial score (nSPS) is 17.9. The zero-order valence-corrected chi connectivity index (χ0v) is 24.7. The fraction of sp³-hybridized carbons (Fsp3) is 0.516. The Morgan fingerprint density at radius 1 is 1.12 bits per heavy atom. The van der Waals surface area contributed by atoms with Crippen molar-refractivity contribution in [1.29, 1.82) is 0 Å². The Balaban J connectivity index is 1.48. The van der Waals surface area contributed by atoms with Gasteiger partial charge in [0.25, 0.3) is 5.91 Å². The minimum atomic E-state index is -1.02. The van der Waals surface area contributed by atoms with E-state index in [1.165, 1.54) is 12.0 Å². The van der Waals surface area contributed by atoms with Crippen molar-refractivity contribution in [3.8, 4) is 5.75 Å². The van der Waals surface area contributed by atoms with Gasteiger partial charge in [-0.2, -0.15) is 0 Å². The summed E-state index contributed by atoms with van der Waals surface area (Å²) in [5.41, 5.74) is 1.90. The SMILES string of the molecule is COc1cc(CN2C(=O)N([C@H](CN[C@H](C)CCO)CC3CC3)C(=O)C2(C)C)ccc1NC(=O)Nc1ccccc1C. The molecule has 41 heavy (non-hydrogen) atoms. The Morgan fingerprint density at radius 3 is 2.49 bits per heavy atom. The van der Waals surface area contributed by atoms with Crippen molar-refractivity contribution in [2.24, 2.45) is 5.92 Å². The predicted octanol–water partition coefficient (Wildman–Crippen LogP) is 4.72. The lowest BCUT2D eigenvalue weighted by molar-refractivity contribution is -0.133. The van der Waals surface area contributed by atoms with Gasteiger partial charge in [0.2, 0.25) is 0 Å². The maximum Gasteiger partial charge on any atom is 0.328 e. The monoisotopic (exact) mass is 565 g/mol. The number of benzene rings is 2. The van der Waals surface area contributed by atoms with E-state index in [2.05, 4.69) is 16.0 Å². The molecule has 2 aliphatic rings. The molecule has 1 heterocycles. The first kappa shape index (κ1) is 30.3. The number of hydrogen-bond donors (Lipinski definition) is 4. The van der Waals surface area contributed by atoms with Gasteiger partial charge in [-0.1, -0.05) is 37.1 Å². The molecular formula is C31H43N5O5. The van der Waals surface area contributed by atoms with Crippen LogP contribution in [0.2, 0.25) is 0 Å². The molecule has 1 saturated carbocycles. The van der Waals surface area contributed by atoms with Gasteiger partial charge in [0, 0.05) is 31.4 Å². The number of carbonyl (C=O) groups excluding carboxylic acids is 3. The van der Waals surface area contributed by atoms with Crippen molar-refractivity contribution < 1.29 is 24.2 Å². The van der Waals surface area contributed by atoms with Crippen molar-refractivity contribution in [2.45, 2.75) is 77.5 Å². The van der Waals surface area contributed by atoms with E-state index in [1.807, 2.05) is 44.2 Å². The Bertz CT molecular complexity index is 1260. The average molecular weight is 566 g/mol. The summed E-state index contributed by atoms with van der Waals surface area (Å²) in [4.78, 5) is 43.1. The number of para-hydroxylation sites is 1. The highest BCUT2D eigenvalue weighted by atomic mass is 16.5. The molecule has 0 radical (unpaired) electrons. The highest BCUT2D eigenvalue weighted by Gasteiger charge is 2.53. The summed E-state index contributed by atoms with van der Waals surface area (Å²) >= 11 is 0.